The van der Waals surface area contributed by atoms with Crippen molar-refractivity contribution < 1.29 is 27.1 Å². The largest absolute Gasteiger partial charge is 0.503 e. The van der Waals surface area contributed by atoms with E-state index in [-0.39, 0.29) is 0 Å². The zero-order chi connectivity index (χ0) is 10.9. The fraction of sp³-hybridized carbons (Fsp3) is 0.143. The summed E-state index contributed by atoms with van der Waals surface area (Å²) >= 11 is 0. The summed E-state index contributed by atoms with van der Waals surface area (Å²) in [6.45, 7) is 0. The number of alkyl halides is 3. The first-order valence-corrected chi connectivity index (χ1v) is 3.33. The monoisotopic (exact) mass is 213 g/mol. The molecule has 0 aliphatic rings. The number of aromatic hydroxyl groups is 1. The van der Waals surface area contributed by atoms with Crippen molar-refractivity contribution in [2.24, 2.45) is 0 Å². The van der Waals surface area contributed by atoms with Gasteiger partial charge in [-0.3, -0.25) is 5.32 Å². The summed E-state index contributed by atoms with van der Waals surface area (Å²) in [6.07, 6.45) is -4.94. The van der Waals surface area contributed by atoms with E-state index in [0.717, 1.165) is 0 Å². The molecule has 1 aromatic rings. The molecule has 0 spiro atoms. The Bertz CT molecular complexity index is 349. The average Bonchev–Trinajstić information content (AvgIpc) is 2.04. The molecule has 2 nitrogen and oxygen atoms in total. The van der Waals surface area contributed by atoms with Gasteiger partial charge in [-0.05, 0) is 12.1 Å². The molecule has 0 unspecified atom stereocenters. The van der Waals surface area contributed by atoms with E-state index in [1.54, 1.807) is 0 Å². The molecular formula is C7H4F5NO. The molecule has 0 atom stereocenters. The van der Waals surface area contributed by atoms with Crippen LogP contribution in [-0.4, -0.2) is 11.4 Å². The first-order chi connectivity index (χ1) is 6.31. The van der Waals surface area contributed by atoms with E-state index >= 15 is 0 Å². The van der Waals surface area contributed by atoms with Crippen LogP contribution >= 0.6 is 0 Å². The molecule has 0 aromatic heterocycles. The Morgan fingerprint density at radius 2 is 1.57 bits per heavy atom. The standard InChI is InChI=1S/C7H4F5NO/c8-3-1-2-4(9)6(14)5(3)13-7(10,11)12/h1-2,13-14H. The highest BCUT2D eigenvalue weighted by molar-refractivity contribution is 5.57. The molecule has 14 heavy (non-hydrogen) atoms. The average molecular weight is 213 g/mol. The molecule has 2 N–H and O–H groups in total. The van der Waals surface area contributed by atoms with Gasteiger partial charge >= 0.3 is 6.30 Å². The minimum atomic E-state index is -4.94. The number of benzene rings is 1. The maximum atomic E-state index is 12.7. The Balaban J connectivity index is 3.13. The highest BCUT2D eigenvalue weighted by Gasteiger charge is 2.30. The second kappa shape index (κ2) is 3.32. The van der Waals surface area contributed by atoms with Gasteiger partial charge in [0.2, 0.25) is 0 Å². The molecule has 1 aromatic carbocycles. The van der Waals surface area contributed by atoms with E-state index in [2.05, 4.69) is 0 Å². The minimum absolute atomic E-state index is 0.475. The lowest BCUT2D eigenvalue weighted by molar-refractivity contribution is -0.100. The van der Waals surface area contributed by atoms with Crippen LogP contribution < -0.4 is 5.32 Å². The second-order valence-electron chi connectivity index (χ2n) is 2.38. The Hall–Kier alpha value is -1.53. The maximum Gasteiger partial charge on any atom is 0.482 e. The molecule has 0 aliphatic heterocycles. The molecule has 0 saturated heterocycles. The molecule has 7 heteroatoms. The summed E-state index contributed by atoms with van der Waals surface area (Å²) in [5.41, 5.74) is -1.32. The van der Waals surface area contributed by atoms with Crippen LogP contribution in [0.25, 0.3) is 0 Å². The van der Waals surface area contributed by atoms with Gasteiger partial charge in [0.05, 0.1) is 0 Å². The highest BCUT2D eigenvalue weighted by atomic mass is 19.4. The summed E-state index contributed by atoms with van der Waals surface area (Å²) in [4.78, 5) is 0. The number of nitrogens with one attached hydrogen (secondary N) is 1. The SMILES string of the molecule is Oc1c(F)ccc(F)c1NC(F)(F)F. The van der Waals surface area contributed by atoms with Gasteiger partial charge in [-0.2, -0.15) is 13.2 Å². The fourth-order valence-corrected chi connectivity index (χ4v) is 0.802. The Morgan fingerprint density at radius 3 is 2.07 bits per heavy atom. The van der Waals surface area contributed by atoms with Crippen molar-refractivity contribution in [2.75, 3.05) is 5.32 Å². The maximum absolute atomic E-state index is 12.7. The number of phenols is 1. The lowest BCUT2D eigenvalue weighted by Gasteiger charge is -2.12. The van der Waals surface area contributed by atoms with E-state index in [4.69, 9.17) is 5.11 Å². The second-order valence-corrected chi connectivity index (χ2v) is 2.38. The van der Waals surface area contributed by atoms with Crippen molar-refractivity contribution in [1.82, 2.24) is 0 Å². The van der Waals surface area contributed by atoms with E-state index < -0.39 is 29.4 Å². The van der Waals surface area contributed by atoms with E-state index in [1.807, 2.05) is 0 Å². The molecule has 0 amide bonds. The molecular weight excluding hydrogens is 209 g/mol. The number of rotatable bonds is 1. The smallest absolute Gasteiger partial charge is 0.482 e. The Kier molecular flexibility index (Phi) is 2.50. The third-order valence-corrected chi connectivity index (χ3v) is 1.34. The van der Waals surface area contributed by atoms with Crippen molar-refractivity contribution >= 4 is 5.69 Å². The molecule has 0 saturated carbocycles. The van der Waals surface area contributed by atoms with Crippen LogP contribution in [0.2, 0.25) is 0 Å². The summed E-state index contributed by atoms with van der Waals surface area (Å²) in [7, 11) is 0. The fourth-order valence-electron chi connectivity index (χ4n) is 0.802. The predicted octanol–water partition coefficient (Wildman–Crippen LogP) is 2.60. The van der Waals surface area contributed by atoms with Gasteiger partial charge in [-0.25, -0.2) is 8.78 Å². The van der Waals surface area contributed by atoms with Gasteiger partial charge in [-0.1, -0.05) is 0 Å². The van der Waals surface area contributed by atoms with E-state index in [1.165, 1.54) is 0 Å². The molecule has 0 bridgehead atoms. The van der Waals surface area contributed by atoms with Gasteiger partial charge in [0.1, 0.15) is 5.69 Å². The summed E-state index contributed by atoms with van der Waals surface area (Å²) in [6, 6.07) is 0.995. The van der Waals surface area contributed by atoms with Crippen molar-refractivity contribution in [3.05, 3.63) is 23.8 Å². The van der Waals surface area contributed by atoms with Crippen molar-refractivity contribution in [3.63, 3.8) is 0 Å². The quantitative estimate of drug-likeness (QED) is 0.427. The topological polar surface area (TPSA) is 32.3 Å². The van der Waals surface area contributed by atoms with E-state index in [9.17, 15) is 22.0 Å². The van der Waals surface area contributed by atoms with Crippen molar-refractivity contribution in [2.45, 2.75) is 6.30 Å². The number of halogens is 5. The van der Waals surface area contributed by atoms with Crippen molar-refractivity contribution in [1.29, 1.82) is 0 Å². The Labute approximate surface area is 75.0 Å². The molecule has 1 rings (SSSR count). The van der Waals surface area contributed by atoms with E-state index in [0.29, 0.717) is 17.4 Å². The lowest BCUT2D eigenvalue weighted by Crippen LogP contribution is -2.21. The predicted molar refractivity (Wildman–Crippen MR) is 37.7 cm³/mol. The van der Waals surface area contributed by atoms with Gasteiger partial charge in [0, 0.05) is 0 Å². The third-order valence-electron chi connectivity index (χ3n) is 1.34. The number of anilines is 1. The summed E-state index contributed by atoms with van der Waals surface area (Å²) < 4.78 is 60.3. The molecule has 0 heterocycles. The van der Waals surface area contributed by atoms with Crippen LogP contribution in [0, 0.1) is 11.6 Å². The molecule has 0 aliphatic carbocycles. The summed E-state index contributed by atoms with van der Waals surface area (Å²) in [5, 5.41) is 9.46. The zero-order valence-corrected chi connectivity index (χ0v) is 6.49. The minimum Gasteiger partial charge on any atom is -0.503 e. The zero-order valence-electron chi connectivity index (χ0n) is 6.49. The number of hydrogen-bond donors (Lipinski definition) is 2. The third kappa shape index (κ3) is 2.24. The number of hydrogen-bond acceptors (Lipinski definition) is 2. The van der Waals surface area contributed by atoms with Crippen LogP contribution in [0.1, 0.15) is 0 Å². The van der Waals surface area contributed by atoms with Crippen LogP contribution in [0.15, 0.2) is 12.1 Å². The normalized spacial score (nSPS) is 11.5. The Morgan fingerprint density at radius 1 is 1.07 bits per heavy atom. The van der Waals surface area contributed by atoms with Crippen LogP contribution in [-0.2, 0) is 0 Å². The van der Waals surface area contributed by atoms with Gasteiger partial charge < -0.3 is 5.11 Å². The highest BCUT2D eigenvalue weighted by Crippen LogP contribution is 2.32. The lowest BCUT2D eigenvalue weighted by atomic mass is 10.2. The first kappa shape index (κ1) is 10.6. The van der Waals surface area contributed by atoms with Gasteiger partial charge in [0.15, 0.2) is 17.4 Å². The summed E-state index contributed by atoms with van der Waals surface area (Å²) in [5.74, 6) is -4.12. The number of phenolic OH excluding ortho intramolecular Hbond substituents is 1. The van der Waals surface area contributed by atoms with Crippen LogP contribution in [0.3, 0.4) is 0 Å². The molecule has 78 valence electrons. The van der Waals surface area contributed by atoms with Crippen LogP contribution in [0.5, 0.6) is 5.75 Å². The first-order valence-electron chi connectivity index (χ1n) is 3.33. The van der Waals surface area contributed by atoms with Crippen molar-refractivity contribution in [3.8, 4) is 5.75 Å². The van der Waals surface area contributed by atoms with Gasteiger partial charge in [-0.15, -0.1) is 0 Å². The van der Waals surface area contributed by atoms with Gasteiger partial charge in [0.25, 0.3) is 0 Å². The molecule has 0 radical (unpaired) electrons. The molecule has 0 fully saturated rings. The van der Waals surface area contributed by atoms with Crippen LogP contribution in [0.4, 0.5) is 27.6 Å².